The number of fused-ring (bicyclic) bond motifs is 5. The SMILES string of the molecule is COc1ccc(C2=CC3CCC(C2)N3C(=O)OCC2c3ccccc3-c3ccccc32)c(C)n1. The molecule has 3 aromatic rings. The minimum atomic E-state index is -0.200. The molecule has 2 bridgehead atoms. The molecule has 5 nitrogen and oxygen atoms in total. The fourth-order valence-electron chi connectivity index (χ4n) is 5.97. The lowest BCUT2D eigenvalue weighted by molar-refractivity contribution is 0.0866. The van der Waals surface area contributed by atoms with Gasteiger partial charge in [-0.25, -0.2) is 9.78 Å². The van der Waals surface area contributed by atoms with Gasteiger partial charge in [-0.15, -0.1) is 0 Å². The first-order valence-electron chi connectivity index (χ1n) is 12.0. The van der Waals surface area contributed by atoms with Gasteiger partial charge in [-0.05, 0) is 65.6 Å². The molecule has 2 atom stereocenters. The molecular formula is C29H28N2O3. The maximum absolute atomic E-state index is 13.3. The van der Waals surface area contributed by atoms with Crippen molar-refractivity contribution in [3.63, 3.8) is 0 Å². The Morgan fingerprint density at radius 1 is 0.971 bits per heavy atom. The van der Waals surface area contributed by atoms with Crippen LogP contribution in [0.3, 0.4) is 0 Å². The van der Waals surface area contributed by atoms with Crippen molar-refractivity contribution < 1.29 is 14.3 Å². The zero-order chi connectivity index (χ0) is 23.2. The quantitative estimate of drug-likeness (QED) is 0.490. The van der Waals surface area contributed by atoms with Gasteiger partial charge in [-0.2, -0.15) is 0 Å². The molecule has 34 heavy (non-hydrogen) atoms. The van der Waals surface area contributed by atoms with E-state index in [1.54, 1.807) is 7.11 Å². The first kappa shape index (κ1) is 21.0. The van der Waals surface area contributed by atoms with Crippen molar-refractivity contribution >= 4 is 11.7 Å². The molecule has 6 rings (SSSR count). The molecule has 1 saturated heterocycles. The number of methoxy groups -OCH3 is 1. The van der Waals surface area contributed by atoms with Crippen molar-refractivity contribution in [1.82, 2.24) is 9.88 Å². The molecule has 1 amide bonds. The van der Waals surface area contributed by atoms with Crippen molar-refractivity contribution in [2.24, 2.45) is 0 Å². The third-order valence-corrected chi connectivity index (χ3v) is 7.56. The van der Waals surface area contributed by atoms with Gasteiger partial charge in [0, 0.05) is 23.7 Å². The van der Waals surface area contributed by atoms with Gasteiger partial charge < -0.3 is 9.47 Å². The van der Waals surface area contributed by atoms with Crippen LogP contribution in [0.15, 0.2) is 66.7 Å². The molecule has 0 radical (unpaired) electrons. The van der Waals surface area contributed by atoms with Gasteiger partial charge in [-0.3, -0.25) is 4.90 Å². The summed E-state index contributed by atoms with van der Waals surface area (Å²) in [4.78, 5) is 19.8. The lowest BCUT2D eigenvalue weighted by Crippen LogP contribution is -2.43. The number of amides is 1. The molecule has 2 unspecified atom stereocenters. The Morgan fingerprint density at radius 3 is 2.32 bits per heavy atom. The summed E-state index contributed by atoms with van der Waals surface area (Å²) in [7, 11) is 1.63. The molecule has 0 saturated carbocycles. The van der Waals surface area contributed by atoms with E-state index in [0.717, 1.165) is 30.5 Å². The first-order valence-corrected chi connectivity index (χ1v) is 12.0. The molecule has 5 heteroatoms. The van der Waals surface area contributed by atoms with E-state index < -0.39 is 0 Å². The molecule has 2 aliphatic heterocycles. The number of aryl methyl sites for hydroxylation is 1. The Labute approximate surface area is 200 Å². The van der Waals surface area contributed by atoms with Crippen LogP contribution in [0.25, 0.3) is 16.7 Å². The molecule has 2 aromatic carbocycles. The number of ether oxygens (including phenoxy) is 2. The van der Waals surface area contributed by atoms with E-state index in [4.69, 9.17) is 9.47 Å². The smallest absolute Gasteiger partial charge is 0.410 e. The van der Waals surface area contributed by atoms with Gasteiger partial charge >= 0.3 is 6.09 Å². The number of hydrogen-bond donors (Lipinski definition) is 0. The second-order valence-electron chi connectivity index (χ2n) is 9.39. The fraction of sp³-hybridized carbons (Fsp3) is 0.310. The van der Waals surface area contributed by atoms with Crippen molar-refractivity contribution in [2.75, 3.05) is 13.7 Å². The highest BCUT2D eigenvalue weighted by atomic mass is 16.6. The number of hydrogen-bond acceptors (Lipinski definition) is 4. The maximum atomic E-state index is 13.3. The molecule has 0 N–H and O–H groups in total. The lowest BCUT2D eigenvalue weighted by Gasteiger charge is -2.34. The van der Waals surface area contributed by atoms with E-state index in [2.05, 4.69) is 65.7 Å². The van der Waals surface area contributed by atoms with Gasteiger partial charge in [0.2, 0.25) is 5.88 Å². The van der Waals surface area contributed by atoms with Crippen LogP contribution in [0.2, 0.25) is 0 Å². The average molecular weight is 453 g/mol. The van der Waals surface area contributed by atoms with E-state index in [1.807, 2.05) is 17.9 Å². The summed E-state index contributed by atoms with van der Waals surface area (Å²) < 4.78 is 11.2. The minimum Gasteiger partial charge on any atom is -0.481 e. The molecule has 1 aliphatic carbocycles. The summed E-state index contributed by atoms with van der Waals surface area (Å²) in [5.41, 5.74) is 8.33. The summed E-state index contributed by atoms with van der Waals surface area (Å²) >= 11 is 0. The Kier molecular flexibility index (Phi) is 5.13. The molecule has 0 spiro atoms. The monoisotopic (exact) mass is 452 g/mol. The highest BCUT2D eigenvalue weighted by molar-refractivity contribution is 5.79. The van der Waals surface area contributed by atoms with Crippen LogP contribution in [0.4, 0.5) is 4.79 Å². The molecule has 1 fully saturated rings. The Bertz CT molecular complexity index is 1250. The van der Waals surface area contributed by atoms with Gasteiger partial charge in [0.1, 0.15) is 6.61 Å². The summed E-state index contributed by atoms with van der Waals surface area (Å²) in [6.45, 7) is 2.37. The number of nitrogens with zero attached hydrogens (tertiary/aromatic N) is 2. The molecule has 1 aromatic heterocycles. The standard InChI is InChI=1S/C29H28N2O3/c1-18-22(13-14-28(30-18)33-2)19-15-20-11-12-21(16-19)31(20)29(32)34-17-27-25-9-5-3-7-23(25)24-8-4-6-10-26(24)27/h3-10,13-15,20-21,27H,11-12,16-17H2,1-2H3. The zero-order valence-electron chi connectivity index (χ0n) is 19.5. The van der Waals surface area contributed by atoms with Crippen molar-refractivity contribution in [1.29, 1.82) is 0 Å². The van der Waals surface area contributed by atoms with Gasteiger partial charge in [-0.1, -0.05) is 54.6 Å². The number of benzene rings is 2. The molecular weight excluding hydrogens is 424 g/mol. The van der Waals surface area contributed by atoms with Crippen LogP contribution in [0.1, 0.15) is 47.6 Å². The van der Waals surface area contributed by atoms with Crippen LogP contribution in [-0.2, 0) is 4.74 Å². The third kappa shape index (κ3) is 3.38. The summed E-state index contributed by atoms with van der Waals surface area (Å²) in [5, 5.41) is 0. The summed E-state index contributed by atoms with van der Waals surface area (Å²) in [6, 6.07) is 21.1. The number of pyridine rings is 1. The topological polar surface area (TPSA) is 51.7 Å². The van der Waals surface area contributed by atoms with Crippen LogP contribution < -0.4 is 4.74 Å². The molecule has 172 valence electrons. The summed E-state index contributed by atoms with van der Waals surface area (Å²) in [6.07, 6.45) is 4.84. The van der Waals surface area contributed by atoms with Gasteiger partial charge in [0.05, 0.1) is 13.2 Å². The van der Waals surface area contributed by atoms with Crippen LogP contribution in [0, 0.1) is 6.92 Å². The van der Waals surface area contributed by atoms with E-state index in [1.165, 1.54) is 27.8 Å². The zero-order valence-corrected chi connectivity index (χ0v) is 19.5. The predicted molar refractivity (Wildman–Crippen MR) is 132 cm³/mol. The minimum absolute atomic E-state index is 0.0749. The van der Waals surface area contributed by atoms with E-state index in [-0.39, 0.29) is 24.1 Å². The number of rotatable bonds is 4. The van der Waals surface area contributed by atoms with Crippen molar-refractivity contribution in [3.05, 3.63) is 89.1 Å². The largest absolute Gasteiger partial charge is 0.481 e. The lowest BCUT2D eigenvalue weighted by atomic mass is 9.94. The van der Waals surface area contributed by atoms with Crippen LogP contribution in [0.5, 0.6) is 5.88 Å². The Morgan fingerprint density at radius 2 is 1.68 bits per heavy atom. The van der Waals surface area contributed by atoms with Crippen molar-refractivity contribution in [2.45, 2.75) is 44.2 Å². The Balaban J connectivity index is 1.20. The normalized spacial score (nSPS) is 20.5. The van der Waals surface area contributed by atoms with Crippen molar-refractivity contribution in [3.8, 4) is 17.0 Å². The second-order valence-corrected chi connectivity index (χ2v) is 9.39. The number of carbonyl (C=O) groups is 1. The second kappa shape index (κ2) is 8.32. The number of aromatic nitrogens is 1. The fourth-order valence-corrected chi connectivity index (χ4v) is 5.97. The molecule has 3 aliphatic rings. The van der Waals surface area contributed by atoms with Gasteiger partial charge in [0.25, 0.3) is 0 Å². The third-order valence-electron chi connectivity index (χ3n) is 7.56. The van der Waals surface area contributed by atoms with Crippen LogP contribution >= 0.6 is 0 Å². The average Bonchev–Trinajstić information content (AvgIpc) is 3.33. The van der Waals surface area contributed by atoms with Gasteiger partial charge in [0.15, 0.2) is 0 Å². The highest BCUT2D eigenvalue weighted by Gasteiger charge is 2.41. The van der Waals surface area contributed by atoms with E-state index in [9.17, 15) is 4.79 Å². The van der Waals surface area contributed by atoms with E-state index in [0.29, 0.717) is 12.5 Å². The predicted octanol–water partition coefficient (Wildman–Crippen LogP) is 5.97. The summed E-state index contributed by atoms with van der Waals surface area (Å²) in [5.74, 6) is 0.707. The van der Waals surface area contributed by atoms with Crippen LogP contribution in [-0.4, -0.2) is 41.8 Å². The molecule has 3 heterocycles. The highest BCUT2D eigenvalue weighted by Crippen LogP contribution is 2.45. The maximum Gasteiger partial charge on any atom is 0.410 e. The van der Waals surface area contributed by atoms with E-state index >= 15 is 0 Å². The first-order chi connectivity index (χ1) is 16.6. The Hall–Kier alpha value is -3.60. The number of carbonyl (C=O) groups excluding carboxylic acids is 1.